The molecule has 2 aromatic carbocycles. The van der Waals surface area contributed by atoms with Crippen LogP contribution in [0.4, 0.5) is 0 Å². The SMILES string of the molecule is CCCCCCCCc1ccccc1OC(C)COC(=O)CCCC[N+](C)(C)Cc1ccccc1. The molecule has 0 aromatic heterocycles. The third-order valence-corrected chi connectivity index (χ3v) is 6.43. The van der Waals surface area contributed by atoms with Crippen molar-refractivity contribution < 1.29 is 18.8 Å². The number of carbonyl (C=O) groups excluding carboxylic acids is 1. The topological polar surface area (TPSA) is 35.5 Å². The van der Waals surface area contributed by atoms with Gasteiger partial charge in [-0.25, -0.2) is 0 Å². The molecule has 1 unspecified atom stereocenters. The summed E-state index contributed by atoms with van der Waals surface area (Å²) in [4.78, 5) is 12.2. The molecular formula is C31H48NO3+. The summed E-state index contributed by atoms with van der Waals surface area (Å²) in [5, 5.41) is 0. The number of esters is 1. The van der Waals surface area contributed by atoms with Crippen molar-refractivity contribution in [3.05, 3.63) is 65.7 Å². The molecule has 2 rings (SSSR count). The van der Waals surface area contributed by atoms with Gasteiger partial charge >= 0.3 is 5.97 Å². The molecule has 0 saturated carbocycles. The highest BCUT2D eigenvalue weighted by atomic mass is 16.6. The Morgan fingerprint density at radius 3 is 2.31 bits per heavy atom. The quantitative estimate of drug-likeness (QED) is 0.127. The third-order valence-electron chi connectivity index (χ3n) is 6.43. The fourth-order valence-electron chi connectivity index (χ4n) is 4.42. The van der Waals surface area contributed by atoms with Crippen LogP contribution in [0.25, 0.3) is 0 Å². The molecule has 0 aliphatic carbocycles. The lowest BCUT2D eigenvalue weighted by Crippen LogP contribution is -2.39. The van der Waals surface area contributed by atoms with Gasteiger partial charge < -0.3 is 14.0 Å². The van der Waals surface area contributed by atoms with Gasteiger partial charge in [0.15, 0.2) is 0 Å². The van der Waals surface area contributed by atoms with E-state index in [4.69, 9.17) is 9.47 Å². The van der Waals surface area contributed by atoms with E-state index in [0.29, 0.717) is 13.0 Å². The van der Waals surface area contributed by atoms with Crippen molar-refractivity contribution in [2.24, 2.45) is 0 Å². The standard InChI is InChI=1S/C31H48NO3/c1-5-6-7-8-9-13-20-29-21-14-15-22-30(29)35-27(2)26-34-31(33)23-16-17-24-32(3,4)25-28-18-11-10-12-19-28/h10-12,14-15,18-19,21-22,27H,5-9,13,16-17,20,23-26H2,1-4H3/q+1. The highest BCUT2D eigenvalue weighted by molar-refractivity contribution is 5.69. The number of hydrogen-bond donors (Lipinski definition) is 0. The van der Waals surface area contributed by atoms with E-state index in [0.717, 1.165) is 42.6 Å². The van der Waals surface area contributed by atoms with Gasteiger partial charge in [0.25, 0.3) is 0 Å². The molecular weight excluding hydrogens is 434 g/mol. The Morgan fingerprint density at radius 2 is 1.54 bits per heavy atom. The summed E-state index contributed by atoms with van der Waals surface area (Å²) in [6, 6.07) is 18.8. The van der Waals surface area contributed by atoms with Gasteiger partial charge in [-0.15, -0.1) is 0 Å². The van der Waals surface area contributed by atoms with Crippen LogP contribution in [0.15, 0.2) is 54.6 Å². The zero-order chi connectivity index (χ0) is 25.4. The number of rotatable bonds is 18. The molecule has 0 bridgehead atoms. The first-order chi connectivity index (χ1) is 16.9. The number of benzene rings is 2. The van der Waals surface area contributed by atoms with Crippen LogP contribution in [0, 0.1) is 0 Å². The van der Waals surface area contributed by atoms with E-state index in [9.17, 15) is 4.79 Å². The molecule has 0 aliphatic heterocycles. The van der Waals surface area contributed by atoms with Gasteiger partial charge in [-0.2, -0.15) is 0 Å². The predicted molar refractivity (Wildman–Crippen MR) is 146 cm³/mol. The van der Waals surface area contributed by atoms with Crippen LogP contribution >= 0.6 is 0 Å². The van der Waals surface area contributed by atoms with Crippen molar-refractivity contribution in [2.45, 2.75) is 90.7 Å². The smallest absolute Gasteiger partial charge is 0.305 e. The molecule has 0 aliphatic rings. The first kappa shape index (κ1) is 28.9. The summed E-state index contributed by atoms with van der Waals surface area (Å²) in [5.41, 5.74) is 2.59. The summed E-state index contributed by atoms with van der Waals surface area (Å²) in [5.74, 6) is 0.789. The third kappa shape index (κ3) is 12.8. The lowest BCUT2D eigenvalue weighted by molar-refractivity contribution is -0.903. The Hall–Kier alpha value is -2.33. The van der Waals surface area contributed by atoms with Crippen molar-refractivity contribution in [1.82, 2.24) is 0 Å². The maximum absolute atomic E-state index is 12.2. The minimum Gasteiger partial charge on any atom is -0.487 e. The number of hydrogen-bond acceptors (Lipinski definition) is 3. The van der Waals surface area contributed by atoms with Crippen molar-refractivity contribution in [2.75, 3.05) is 27.2 Å². The molecule has 1 atom stereocenters. The molecule has 0 N–H and O–H groups in total. The van der Waals surface area contributed by atoms with Crippen molar-refractivity contribution in [3.63, 3.8) is 0 Å². The molecule has 0 amide bonds. The van der Waals surface area contributed by atoms with E-state index in [-0.39, 0.29) is 12.1 Å². The van der Waals surface area contributed by atoms with Crippen LogP contribution in [0.5, 0.6) is 5.75 Å². The van der Waals surface area contributed by atoms with E-state index < -0.39 is 0 Å². The van der Waals surface area contributed by atoms with E-state index in [1.54, 1.807) is 0 Å². The second-order valence-electron chi connectivity index (χ2n) is 10.5. The number of ether oxygens (including phenoxy) is 2. The molecule has 0 saturated heterocycles. The summed E-state index contributed by atoms with van der Waals surface area (Å²) in [6.07, 6.45) is 10.9. The summed E-state index contributed by atoms with van der Waals surface area (Å²) < 4.78 is 12.6. The number of aryl methyl sites for hydroxylation is 1. The first-order valence-corrected chi connectivity index (χ1v) is 13.7. The Kier molecular flexibility index (Phi) is 13.5. The molecule has 4 nitrogen and oxygen atoms in total. The van der Waals surface area contributed by atoms with Gasteiger partial charge in [0, 0.05) is 12.0 Å². The number of carbonyl (C=O) groups is 1. The van der Waals surface area contributed by atoms with E-state index in [2.05, 4.69) is 63.5 Å². The van der Waals surface area contributed by atoms with Crippen LogP contribution in [0.1, 0.15) is 82.8 Å². The number of nitrogens with zero attached hydrogens (tertiary/aromatic N) is 1. The Morgan fingerprint density at radius 1 is 0.857 bits per heavy atom. The first-order valence-electron chi connectivity index (χ1n) is 13.7. The zero-order valence-corrected chi connectivity index (χ0v) is 22.6. The van der Waals surface area contributed by atoms with Gasteiger partial charge in [0.1, 0.15) is 25.0 Å². The van der Waals surface area contributed by atoms with Gasteiger partial charge in [-0.3, -0.25) is 4.79 Å². The van der Waals surface area contributed by atoms with Crippen LogP contribution in [-0.4, -0.2) is 43.8 Å². The second-order valence-corrected chi connectivity index (χ2v) is 10.5. The van der Waals surface area contributed by atoms with Crippen molar-refractivity contribution >= 4 is 5.97 Å². The lowest BCUT2D eigenvalue weighted by Gasteiger charge is -2.30. The van der Waals surface area contributed by atoms with Gasteiger partial charge in [0.05, 0.1) is 20.6 Å². The monoisotopic (exact) mass is 482 g/mol. The number of quaternary nitrogens is 1. The Bertz CT molecular complexity index is 834. The van der Waals surface area contributed by atoms with Crippen LogP contribution in [0.3, 0.4) is 0 Å². The predicted octanol–water partition coefficient (Wildman–Crippen LogP) is 7.35. The van der Waals surface area contributed by atoms with Crippen molar-refractivity contribution in [3.8, 4) is 5.75 Å². The van der Waals surface area contributed by atoms with Gasteiger partial charge in [-0.05, 0) is 44.2 Å². The number of unbranched alkanes of at least 4 members (excludes halogenated alkanes) is 6. The zero-order valence-electron chi connectivity index (χ0n) is 22.6. The van der Waals surface area contributed by atoms with Crippen LogP contribution in [0.2, 0.25) is 0 Å². The molecule has 2 aromatic rings. The molecule has 194 valence electrons. The van der Waals surface area contributed by atoms with E-state index in [1.165, 1.54) is 49.7 Å². The maximum atomic E-state index is 12.2. The highest BCUT2D eigenvalue weighted by Gasteiger charge is 2.16. The Balaban J connectivity index is 1.63. The summed E-state index contributed by atoms with van der Waals surface area (Å²) in [7, 11) is 4.49. The lowest BCUT2D eigenvalue weighted by atomic mass is 10.0. The minimum atomic E-state index is -0.161. The van der Waals surface area contributed by atoms with Gasteiger partial charge in [0.2, 0.25) is 0 Å². The molecule has 0 spiro atoms. The van der Waals surface area contributed by atoms with Crippen LogP contribution < -0.4 is 4.74 Å². The van der Waals surface area contributed by atoms with Gasteiger partial charge in [-0.1, -0.05) is 87.6 Å². The molecule has 0 fully saturated rings. The average Bonchev–Trinajstić information content (AvgIpc) is 2.84. The Labute approximate surface area is 214 Å². The van der Waals surface area contributed by atoms with Crippen LogP contribution in [-0.2, 0) is 22.5 Å². The molecule has 35 heavy (non-hydrogen) atoms. The van der Waals surface area contributed by atoms with Crippen molar-refractivity contribution in [1.29, 1.82) is 0 Å². The molecule has 4 heteroatoms. The minimum absolute atomic E-state index is 0.130. The molecule has 0 radical (unpaired) electrons. The molecule has 0 heterocycles. The largest absolute Gasteiger partial charge is 0.487 e. The summed E-state index contributed by atoms with van der Waals surface area (Å²) >= 11 is 0. The van der Waals surface area contributed by atoms with E-state index >= 15 is 0 Å². The second kappa shape index (κ2) is 16.4. The maximum Gasteiger partial charge on any atom is 0.305 e. The fourth-order valence-corrected chi connectivity index (χ4v) is 4.42. The average molecular weight is 483 g/mol. The number of para-hydroxylation sites is 1. The van der Waals surface area contributed by atoms with E-state index in [1.807, 2.05) is 19.1 Å². The fraction of sp³-hybridized carbons (Fsp3) is 0.581. The normalized spacial score (nSPS) is 12.3. The summed E-state index contributed by atoms with van der Waals surface area (Å²) in [6.45, 7) is 6.55. The highest BCUT2D eigenvalue weighted by Crippen LogP contribution is 2.22.